The Kier molecular flexibility index (Phi) is 2.57. The summed E-state index contributed by atoms with van der Waals surface area (Å²) in [6.45, 7) is 0. The molecule has 5 heteroatoms. The number of nitrogens with one attached hydrogen (secondary N) is 1. The molecule has 5 rings (SSSR count). The molecule has 3 fully saturated rings. The number of oxime groups is 1. The van der Waals surface area contributed by atoms with Gasteiger partial charge in [-0.25, -0.2) is 0 Å². The van der Waals surface area contributed by atoms with Gasteiger partial charge in [0.1, 0.15) is 6.10 Å². The molecule has 2 bridgehead atoms. The van der Waals surface area contributed by atoms with Crippen molar-refractivity contribution < 1.29 is 14.4 Å². The van der Waals surface area contributed by atoms with Crippen LogP contribution in [0.1, 0.15) is 12.0 Å². The first kappa shape index (κ1) is 13.0. The molecule has 1 N–H and O–H groups in total. The number of fused-ring (bicyclic) bond motifs is 8. The maximum absolute atomic E-state index is 12.1. The van der Waals surface area contributed by atoms with Crippen LogP contribution in [0.4, 0.5) is 0 Å². The summed E-state index contributed by atoms with van der Waals surface area (Å²) in [5.74, 6) is -0.201. The predicted octanol–water partition coefficient (Wildman–Crippen LogP) is 1.61. The van der Waals surface area contributed by atoms with E-state index in [1.807, 2.05) is 42.5 Å². The third kappa shape index (κ3) is 1.70. The molecule has 2 aliphatic carbocycles. The lowest BCUT2D eigenvalue weighted by Gasteiger charge is -2.29. The van der Waals surface area contributed by atoms with Crippen molar-refractivity contribution in [2.45, 2.75) is 12.5 Å². The lowest BCUT2D eigenvalue weighted by atomic mass is 9.72. The van der Waals surface area contributed by atoms with Crippen molar-refractivity contribution >= 4 is 23.6 Å². The van der Waals surface area contributed by atoms with Crippen LogP contribution in [0.3, 0.4) is 0 Å². The van der Waals surface area contributed by atoms with Crippen molar-refractivity contribution in [1.82, 2.24) is 5.32 Å². The van der Waals surface area contributed by atoms with Crippen molar-refractivity contribution in [3.63, 3.8) is 0 Å². The first-order valence-corrected chi connectivity index (χ1v) is 8.05. The first-order chi connectivity index (χ1) is 11.2. The number of nitrogens with zero attached hydrogens (tertiary/aromatic N) is 1. The van der Waals surface area contributed by atoms with E-state index < -0.39 is 0 Å². The summed E-state index contributed by atoms with van der Waals surface area (Å²) in [7, 11) is 0. The predicted molar refractivity (Wildman–Crippen MR) is 83.0 cm³/mol. The van der Waals surface area contributed by atoms with Crippen LogP contribution in [0, 0.1) is 29.6 Å². The molecule has 2 aliphatic heterocycles. The molecule has 2 amide bonds. The largest absolute Gasteiger partial charge is 0.391 e. The van der Waals surface area contributed by atoms with Crippen molar-refractivity contribution in [3.8, 4) is 0 Å². The van der Waals surface area contributed by atoms with Crippen LogP contribution in [-0.2, 0) is 14.4 Å². The van der Waals surface area contributed by atoms with Gasteiger partial charge in [0.05, 0.1) is 17.5 Å². The number of benzene rings is 1. The van der Waals surface area contributed by atoms with Crippen molar-refractivity contribution in [2.24, 2.45) is 34.7 Å². The zero-order valence-corrected chi connectivity index (χ0v) is 12.4. The summed E-state index contributed by atoms with van der Waals surface area (Å²) in [6, 6.07) is 10.0. The van der Waals surface area contributed by atoms with Crippen molar-refractivity contribution in [1.29, 1.82) is 0 Å². The van der Waals surface area contributed by atoms with E-state index in [1.165, 1.54) is 0 Å². The highest BCUT2D eigenvalue weighted by Crippen LogP contribution is 2.59. The number of allylic oxidation sites excluding steroid dienone is 1. The minimum atomic E-state index is -0.207. The van der Waals surface area contributed by atoms with Crippen LogP contribution < -0.4 is 5.32 Å². The maximum atomic E-state index is 12.1. The Bertz CT molecular complexity index is 755. The third-order valence-electron chi connectivity index (χ3n) is 5.81. The number of imide groups is 1. The number of rotatable bonds is 2. The van der Waals surface area contributed by atoms with E-state index in [4.69, 9.17) is 4.84 Å². The van der Waals surface area contributed by atoms with Gasteiger partial charge in [-0.15, -0.1) is 0 Å². The van der Waals surface area contributed by atoms with Crippen molar-refractivity contribution in [3.05, 3.63) is 42.0 Å². The van der Waals surface area contributed by atoms with E-state index in [9.17, 15) is 9.59 Å². The Hall–Kier alpha value is -2.43. The van der Waals surface area contributed by atoms with Crippen LogP contribution in [-0.4, -0.2) is 23.6 Å². The second-order valence-corrected chi connectivity index (χ2v) is 6.82. The SMILES string of the molecule is O=C1NC(=O)[C@H]2[C@@H]3C[C@H]([C@@H]12)[C@@H]1C(/C=C/c2ccccc2)=NO[C@H]31. The van der Waals surface area contributed by atoms with E-state index in [0.717, 1.165) is 17.7 Å². The van der Waals surface area contributed by atoms with Crippen LogP contribution in [0.2, 0.25) is 0 Å². The van der Waals surface area contributed by atoms with Gasteiger partial charge in [-0.05, 0) is 24.0 Å². The molecule has 1 saturated heterocycles. The quantitative estimate of drug-likeness (QED) is 0.844. The van der Waals surface area contributed by atoms with Crippen LogP contribution in [0.5, 0.6) is 0 Å². The Balaban J connectivity index is 1.43. The fourth-order valence-corrected chi connectivity index (χ4v) is 4.96. The van der Waals surface area contributed by atoms with Gasteiger partial charge >= 0.3 is 0 Å². The van der Waals surface area contributed by atoms with E-state index in [-0.39, 0.29) is 47.5 Å². The van der Waals surface area contributed by atoms with E-state index >= 15 is 0 Å². The minimum Gasteiger partial charge on any atom is -0.391 e. The normalized spacial score (nSPS) is 40.1. The Morgan fingerprint density at radius 2 is 1.74 bits per heavy atom. The molecule has 6 atom stereocenters. The highest BCUT2D eigenvalue weighted by Gasteiger charge is 2.68. The van der Waals surface area contributed by atoms with E-state index in [1.54, 1.807) is 0 Å². The van der Waals surface area contributed by atoms with E-state index in [2.05, 4.69) is 10.5 Å². The molecule has 0 radical (unpaired) electrons. The summed E-state index contributed by atoms with van der Waals surface area (Å²) >= 11 is 0. The summed E-state index contributed by atoms with van der Waals surface area (Å²) in [6.07, 6.45) is 4.86. The van der Waals surface area contributed by atoms with Gasteiger partial charge in [-0.2, -0.15) is 0 Å². The van der Waals surface area contributed by atoms with Gasteiger partial charge in [-0.3, -0.25) is 14.9 Å². The molecule has 0 unspecified atom stereocenters. The second-order valence-electron chi connectivity index (χ2n) is 6.82. The number of carbonyl (C=O) groups excluding carboxylic acids is 2. The molecule has 116 valence electrons. The molecule has 0 aromatic heterocycles. The highest BCUT2D eigenvalue weighted by atomic mass is 16.6. The van der Waals surface area contributed by atoms with Crippen LogP contribution in [0.25, 0.3) is 6.08 Å². The summed E-state index contributed by atoms with van der Waals surface area (Å²) in [4.78, 5) is 29.7. The molecule has 4 aliphatic rings. The topological polar surface area (TPSA) is 67.8 Å². The smallest absolute Gasteiger partial charge is 0.230 e. The fourth-order valence-electron chi connectivity index (χ4n) is 4.96. The first-order valence-electron chi connectivity index (χ1n) is 8.05. The molecular formula is C18H16N2O3. The third-order valence-corrected chi connectivity index (χ3v) is 5.81. The molecular weight excluding hydrogens is 292 g/mol. The van der Waals surface area contributed by atoms with Gasteiger partial charge < -0.3 is 4.84 Å². The molecule has 1 aromatic rings. The Labute approximate surface area is 133 Å². The zero-order chi connectivity index (χ0) is 15.6. The molecule has 1 aromatic carbocycles. The zero-order valence-electron chi connectivity index (χ0n) is 12.4. The van der Waals surface area contributed by atoms with Gasteiger partial charge in [0.2, 0.25) is 11.8 Å². The number of hydrogen-bond acceptors (Lipinski definition) is 4. The van der Waals surface area contributed by atoms with Gasteiger partial charge in [0.15, 0.2) is 0 Å². The molecule has 5 nitrogen and oxygen atoms in total. The molecule has 2 heterocycles. The van der Waals surface area contributed by atoms with E-state index in [0.29, 0.717) is 0 Å². The van der Waals surface area contributed by atoms with Gasteiger partial charge in [0, 0.05) is 11.8 Å². The Morgan fingerprint density at radius 3 is 2.52 bits per heavy atom. The Morgan fingerprint density at radius 1 is 1.00 bits per heavy atom. The van der Waals surface area contributed by atoms with Crippen LogP contribution in [0.15, 0.2) is 41.6 Å². The van der Waals surface area contributed by atoms with Gasteiger partial charge in [-0.1, -0.05) is 41.6 Å². The number of hydrogen-bond donors (Lipinski definition) is 1. The number of amides is 2. The monoisotopic (exact) mass is 308 g/mol. The molecule has 0 spiro atoms. The summed E-state index contributed by atoms with van der Waals surface area (Å²) in [5.41, 5.74) is 2.01. The van der Waals surface area contributed by atoms with Crippen LogP contribution >= 0.6 is 0 Å². The fraction of sp³-hybridized carbons (Fsp3) is 0.389. The highest BCUT2D eigenvalue weighted by molar-refractivity contribution is 6.08. The standard InChI is InChI=1S/C18H16N2O3/c21-17-14-10-8-11(15(14)18(22)19-17)16-13(10)12(20-23-16)7-6-9-4-2-1-3-5-9/h1-7,10-11,13-16H,8H2,(H,19,21,22)/b7-6+/t10-,11-,13+,14+,15-,16+/m0/s1. The second kappa shape index (κ2) is 4.54. The number of carbonyl (C=O) groups is 2. The lowest BCUT2D eigenvalue weighted by Crippen LogP contribution is -2.40. The minimum absolute atomic E-state index is 0.0478. The molecule has 23 heavy (non-hydrogen) atoms. The average molecular weight is 308 g/mol. The maximum Gasteiger partial charge on any atom is 0.230 e. The lowest BCUT2D eigenvalue weighted by molar-refractivity contribution is -0.127. The summed E-state index contributed by atoms with van der Waals surface area (Å²) in [5, 5.41) is 6.73. The average Bonchev–Trinajstić information content (AvgIpc) is 3.28. The van der Waals surface area contributed by atoms with Gasteiger partial charge in [0.25, 0.3) is 0 Å². The van der Waals surface area contributed by atoms with Crippen molar-refractivity contribution in [2.75, 3.05) is 0 Å². The summed E-state index contributed by atoms with van der Waals surface area (Å²) < 4.78 is 0. The molecule has 2 saturated carbocycles.